The number of halogens is 1. The number of aromatic hydroxyl groups is 1. The number of para-hydroxylation sites is 2. The number of benzene rings is 3. The molecule has 0 amide bonds. The van der Waals surface area contributed by atoms with Gasteiger partial charge in [-0.05, 0) is 48.9 Å². The van der Waals surface area contributed by atoms with Gasteiger partial charge < -0.3 is 5.11 Å². The highest BCUT2D eigenvalue weighted by atomic mass is 19.1. The number of rotatable bonds is 2. The lowest BCUT2D eigenvalue weighted by Crippen LogP contribution is -2.10. The molecule has 0 unspecified atom stereocenters. The number of phenolic OH excluding ortho intramolecular Hbond substituents is 1. The molecule has 3 nitrogen and oxygen atoms in total. The maximum atomic E-state index is 13.7. The van der Waals surface area contributed by atoms with Crippen LogP contribution in [0.3, 0.4) is 0 Å². The first-order valence-electron chi connectivity index (χ1n) is 8.40. The van der Waals surface area contributed by atoms with Crippen LogP contribution in [0.4, 0.5) is 15.8 Å². The van der Waals surface area contributed by atoms with Crippen molar-refractivity contribution in [1.82, 2.24) is 0 Å². The fourth-order valence-electron chi connectivity index (χ4n) is 3.05. The van der Waals surface area contributed by atoms with Gasteiger partial charge in [-0.2, -0.15) is 0 Å². The van der Waals surface area contributed by atoms with E-state index in [4.69, 9.17) is 9.98 Å². The van der Waals surface area contributed by atoms with Crippen molar-refractivity contribution in [3.05, 3.63) is 89.2 Å². The maximum Gasteiger partial charge on any atom is 0.124 e. The van der Waals surface area contributed by atoms with E-state index in [1.807, 2.05) is 49.4 Å². The third kappa shape index (κ3) is 3.14. The predicted octanol–water partition coefficient (Wildman–Crippen LogP) is 5.49. The van der Waals surface area contributed by atoms with E-state index in [1.165, 1.54) is 12.1 Å². The van der Waals surface area contributed by atoms with E-state index in [0.29, 0.717) is 29.0 Å². The van der Waals surface area contributed by atoms with Gasteiger partial charge in [0.1, 0.15) is 11.6 Å². The van der Waals surface area contributed by atoms with Crippen molar-refractivity contribution in [2.24, 2.45) is 9.98 Å². The van der Waals surface area contributed by atoms with Crippen molar-refractivity contribution >= 4 is 22.8 Å². The van der Waals surface area contributed by atoms with Crippen LogP contribution >= 0.6 is 0 Å². The third-order valence-electron chi connectivity index (χ3n) is 4.35. The lowest BCUT2D eigenvalue weighted by Gasteiger charge is -2.10. The molecule has 3 aromatic rings. The molecule has 4 heteroatoms. The fraction of sp³-hybridized carbons (Fsp3) is 0.0909. The molecular weight excluding hydrogens is 327 g/mol. The standard InChI is InChI=1S/C22H17FN2O/c1-14-9-10-22(26)17(11-14)21-13-20(15-5-4-6-16(23)12-15)24-18-7-2-3-8-19(18)25-21/h2-12,26H,13H2,1H3. The highest BCUT2D eigenvalue weighted by Crippen LogP contribution is 2.34. The Balaban J connectivity index is 1.90. The van der Waals surface area contributed by atoms with Gasteiger partial charge in [-0.1, -0.05) is 35.9 Å². The minimum absolute atomic E-state index is 0.173. The van der Waals surface area contributed by atoms with Crippen LogP contribution in [-0.2, 0) is 0 Å². The second kappa shape index (κ2) is 6.56. The first-order valence-corrected chi connectivity index (χ1v) is 8.40. The van der Waals surface area contributed by atoms with Gasteiger partial charge in [0.2, 0.25) is 0 Å². The van der Waals surface area contributed by atoms with Crippen LogP contribution in [-0.4, -0.2) is 16.5 Å². The molecule has 0 aromatic heterocycles. The quantitative estimate of drug-likeness (QED) is 0.657. The van der Waals surface area contributed by atoms with Crippen molar-refractivity contribution in [3.8, 4) is 5.75 Å². The molecule has 1 aliphatic rings. The van der Waals surface area contributed by atoms with Gasteiger partial charge in [-0.15, -0.1) is 0 Å². The van der Waals surface area contributed by atoms with Gasteiger partial charge >= 0.3 is 0 Å². The number of hydrogen-bond donors (Lipinski definition) is 1. The van der Waals surface area contributed by atoms with Crippen molar-refractivity contribution in [1.29, 1.82) is 0 Å². The summed E-state index contributed by atoms with van der Waals surface area (Å²) in [5.41, 5.74) is 5.30. The van der Waals surface area contributed by atoms with Crippen molar-refractivity contribution in [2.45, 2.75) is 13.3 Å². The van der Waals surface area contributed by atoms with Gasteiger partial charge in [0.05, 0.1) is 22.8 Å². The minimum Gasteiger partial charge on any atom is -0.507 e. The summed E-state index contributed by atoms with van der Waals surface area (Å²) in [5.74, 6) is -0.132. The molecular formula is C22H17FN2O. The zero-order valence-corrected chi connectivity index (χ0v) is 14.3. The molecule has 0 spiro atoms. The number of fused-ring (bicyclic) bond motifs is 1. The van der Waals surface area contributed by atoms with Crippen LogP contribution in [0.15, 0.2) is 76.7 Å². The van der Waals surface area contributed by atoms with Crippen LogP contribution in [0.25, 0.3) is 0 Å². The largest absolute Gasteiger partial charge is 0.507 e. The number of aryl methyl sites for hydroxylation is 1. The van der Waals surface area contributed by atoms with E-state index in [-0.39, 0.29) is 11.6 Å². The molecule has 128 valence electrons. The number of phenols is 1. The molecule has 0 saturated heterocycles. The first-order chi connectivity index (χ1) is 12.6. The summed E-state index contributed by atoms with van der Waals surface area (Å²) < 4.78 is 13.7. The van der Waals surface area contributed by atoms with Crippen LogP contribution in [0.1, 0.15) is 23.1 Å². The smallest absolute Gasteiger partial charge is 0.124 e. The van der Waals surface area contributed by atoms with Gasteiger partial charge in [-0.25, -0.2) is 4.39 Å². The fourth-order valence-corrected chi connectivity index (χ4v) is 3.05. The van der Waals surface area contributed by atoms with Gasteiger partial charge in [0.15, 0.2) is 0 Å². The summed E-state index contributed by atoms with van der Waals surface area (Å²) in [6.45, 7) is 1.97. The van der Waals surface area contributed by atoms with Gasteiger partial charge in [0.25, 0.3) is 0 Å². The van der Waals surface area contributed by atoms with Crippen molar-refractivity contribution < 1.29 is 9.50 Å². The molecule has 1 aliphatic heterocycles. The highest BCUT2D eigenvalue weighted by molar-refractivity contribution is 6.21. The topological polar surface area (TPSA) is 45.0 Å². The zero-order chi connectivity index (χ0) is 18.1. The molecule has 0 saturated carbocycles. The summed E-state index contributed by atoms with van der Waals surface area (Å²) in [5, 5.41) is 10.3. The molecule has 0 radical (unpaired) electrons. The van der Waals surface area contributed by atoms with Gasteiger partial charge in [-0.3, -0.25) is 9.98 Å². The lowest BCUT2D eigenvalue weighted by molar-refractivity contribution is 0.474. The Hall–Kier alpha value is -3.27. The Morgan fingerprint density at radius 1 is 0.846 bits per heavy atom. The zero-order valence-electron chi connectivity index (χ0n) is 14.3. The van der Waals surface area contributed by atoms with Crippen LogP contribution in [0, 0.1) is 12.7 Å². The molecule has 26 heavy (non-hydrogen) atoms. The number of hydrogen-bond acceptors (Lipinski definition) is 3. The molecule has 3 aromatic carbocycles. The third-order valence-corrected chi connectivity index (χ3v) is 4.35. The molecule has 1 heterocycles. The second-order valence-electron chi connectivity index (χ2n) is 6.31. The SMILES string of the molecule is Cc1ccc(O)c(C2=Nc3ccccc3N=C(c3cccc(F)c3)C2)c1. The molecule has 0 bridgehead atoms. The minimum atomic E-state index is -0.306. The number of nitrogens with zero attached hydrogens (tertiary/aromatic N) is 2. The maximum absolute atomic E-state index is 13.7. The van der Waals surface area contributed by atoms with E-state index < -0.39 is 0 Å². The summed E-state index contributed by atoms with van der Waals surface area (Å²) in [7, 11) is 0. The summed E-state index contributed by atoms with van der Waals surface area (Å²) in [6, 6.07) is 19.4. The molecule has 0 fully saturated rings. The molecule has 1 N–H and O–H groups in total. The van der Waals surface area contributed by atoms with E-state index in [2.05, 4.69) is 0 Å². The van der Waals surface area contributed by atoms with Gasteiger partial charge in [0, 0.05) is 12.0 Å². The average molecular weight is 344 g/mol. The highest BCUT2D eigenvalue weighted by Gasteiger charge is 2.18. The Morgan fingerprint density at radius 3 is 2.31 bits per heavy atom. The molecule has 0 atom stereocenters. The van der Waals surface area contributed by atoms with E-state index in [1.54, 1.807) is 12.1 Å². The van der Waals surface area contributed by atoms with E-state index in [9.17, 15) is 9.50 Å². The summed E-state index contributed by atoms with van der Waals surface area (Å²) in [4.78, 5) is 9.49. The Bertz CT molecular complexity index is 1050. The Labute approximate surface area is 151 Å². The van der Waals surface area contributed by atoms with E-state index >= 15 is 0 Å². The number of aliphatic imine (C=N–C) groups is 2. The molecule has 4 rings (SSSR count). The van der Waals surface area contributed by atoms with Crippen molar-refractivity contribution in [2.75, 3.05) is 0 Å². The molecule has 0 aliphatic carbocycles. The lowest BCUT2D eigenvalue weighted by atomic mass is 9.98. The Kier molecular flexibility index (Phi) is 4.09. The first kappa shape index (κ1) is 16.2. The second-order valence-corrected chi connectivity index (χ2v) is 6.31. The Morgan fingerprint density at radius 2 is 1.58 bits per heavy atom. The van der Waals surface area contributed by atoms with Crippen LogP contribution in [0.5, 0.6) is 5.75 Å². The van der Waals surface area contributed by atoms with Crippen molar-refractivity contribution in [3.63, 3.8) is 0 Å². The van der Waals surface area contributed by atoms with Crippen LogP contribution < -0.4 is 0 Å². The normalized spacial score (nSPS) is 13.5. The summed E-state index contributed by atoms with van der Waals surface area (Å²) in [6.07, 6.45) is 0.398. The van der Waals surface area contributed by atoms with Crippen LogP contribution in [0.2, 0.25) is 0 Å². The predicted molar refractivity (Wildman–Crippen MR) is 103 cm³/mol. The van der Waals surface area contributed by atoms with E-state index in [0.717, 1.165) is 16.9 Å². The average Bonchev–Trinajstić information content (AvgIpc) is 2.83. The monoisotopic (exact) mass is 344 g/mol. The summed E-state index contributed by atoms with van der Waals surface area (Å²) >= 11 is 0.